The van der Waals surface area contributed by atoms with Crippen molar-refractivity contribution in [3.8, 4) is 0 Å². The molecule has 1 aliphatic rings. The quantitative estimate of drug-likeness (QED) is 0.754. The molecular formula is C17H19F3N4OS. The molecule has 1 N–H and O–H groups in total. The second-order valence-corrected chi connectivity index (χ2v) is 7.50. The first-order valence-corrected chi connectivity index (χ1v) is 9.25. The number of rotatable bonds is 6. The SMILES string of the molecule is CCn1c(S[C@@H](C)C(=O)Nc2cccc(C(F)(F)F)c2)nnc1C1CC1. The number of amides is 1. The molecule has 5 nitrogen and oxygen atoms in total. The molecular weight excluding hydrogens is 365 g/mol. The fraction of sp³-hybridized carbons (Fsp3) is 0.471. The molecule has 0 radical (unpaired) electrons. The van der Waals surface area contributed by atoms with E-state index in [2.05, 4.69) is 15.5 Å². The number of halogens is 3. The highest BCUT2D eigenvalue weighted by molar-refractivity contribution is 8.00. The third-order valence-corrected chi connectivity index (χ3v) is 5.19. The van der Waals surface area contributed by atoms with Crippen LogP contribution in [-0.2, 0) is 17.5 Å². The zero-order valence-electron chi connectivity index (χ0n) is 14.4. The van der Waals surface area contributed by atoms with Crippen molar-refractivity contribution in [3.63, 3.8) is 0 Å². The van der Waals surface area contributed by atoms with Crippen molar-refractivity contribution >= 4 is 23.4 Å². The zero-order chi connectivity index (χ0) is 18.9. The van der Waals surface area contributed by atoms with Gasteiger partial charge in [0.05, 0.1) is 10.8 Å². The molecule has 1 aliphatic carbocycles. The average molecular weight is 384 g/mol. The molecule has 3 rings (SSSR count). The molecule has 2 aromatic rings. The summed E-state index contributed by atoms with van der Waals surface area (Å²) in [6.07, 6.45) is -2.24. The maximum absolute atomic E-state index is 12.8. The highest BCUT2D eigenvalue weighted by Crippen LogP contribution is 2.40. The lowest BCUT2D eigenvalue weighted by Gasteiger charge is -2.14. The second kappa shape index (κ2) is 7.30. The number of alkyl halides is 3. The number of benzene rings is 1. The molecule has 26 heavy (non-hydrogen) atoms. The van der Waals surface area contributed by atoms with Crippen molar-refractivity contribution in [2.45, 2.75) is 55.7 Å². The lowest BCUT2D eigenvalue weighted by molar-refractivity contribution is -0.137. The smallest absolute Gasteiger partial charge is 0.325 e. The van der Waals surface area contributed by atoms with E-state index in [1.807, 2.05) is 11.5 Å². The van der Waals surface area contributed by atoms with E-state index >= 15 is 0 Å². The van der Waals surface area contributed by atoms with Crippen LogP contribution in [0, 0.1) is 0 Å². The van der Waals surface area contributed by atoms with Crippen LogP contribution in [0.3, 0.4) is 0 Å². The van der Waals surface area contributed by atoms with E-state index in [0.717, 1.165) is 30.8 Å². The predicted octanol–water partition coefficient (Wildman–Crippen LogP) is 4.31. The minimum Gasteiger partial charge on any atom is -0.325 e. The monoisotopic (exact) mass is 384 g/mol. The van der Waals surface area contributed by atoms with E-state index in [4.69, 9.17) is 0 Å². The van der Waals surface area contributed by atoms with Crippen LogP contribution >= 0.6 is 11.8 Å². The summed E-state index contributed by atoms with van der Waals surface area (Å²) < 4.78 is 40.3. The van der Waals surface area contributed by atoms with Crippen molar-refractivity contribution in [2.75, 3.05) is 5.32 Å². The van der Waals surface area contributed by atoms with Gasteiger partial charge in [-0.15, -0.1) is 10.2 Å². The molecule has 0 aliphatic heterocycles. The van der Waals surface area contributed by atoms with Gasteiger partial charge in [0.2, 0.25) is 5.91 Å². The maximum atomic E-state index is 12.8. The van der Waals surface area contributed by atoms with Gasteiger partial charge in [0.1, 0.15) is 5.82 Å². The maximum Gasteiger partial charge on any atom is 0.416 e. The Balaban J connectivity index is 1.67. The molecule has 1 aromatic carbocycles. The first-order valence-electron chi connectivity index (χ1n) is 8.37. The number of anilines is 1. The van der Waals surface area contributed by atoms with Crippen molar-refractivity contribution < 1.29 is 18.0 Å². The molecule has 1 aromatic heterocycles. The third kappa shape index (κ3) is 4.20. The summed E-state index contributed by atoms with van der Waals surface area (Å²) in [6, 6.07) is 4.60. The number of aromatic nitrogens is 3. The van der Waals surface area contributed by atoms with Gasteiger partial charge >= 0.3 is 6.18 Å². The Bertz CT molecular complexity index is 802. The van der Waals surface area contributed by atoms with Crippen molar-refractivity contribution in [1.82, 2.24) is 14.8 Å². The van der Waals surface area contributed by atoms with Crippen LogP contribution in [0.4, 0.5) is 18.9 Å². The minimum absolute atomic E-state index is 0.118. The molecule has 1 amide bonds. The Labute approximate surface area is 153 Å². The first kappa shape index (κ1) is 18.8. The van der Waals surface area contributed by atoms with Gasteiger partial charge < -0.3 is 9.88 Å². The number of nitrogens with zero attached hydrogens (tertiary/aromatic N) is 3. The van der Waals surface area contributed by atoms with Gasteiger partial charge in [0, 0.05) is 18.2 Å². The number of hydrogen-bond donors (Lipinski definition) is 1. The molecule has 1 atom stereocenters. The molecule has 1 fully saturated rings. The Hall–Kier alpha value is -2.03. The number of hydrogen-bond acceptors (Lipinski definition) is 4. The Kier molecular flexibility index (Phi) is 5.27. The zero-order valence-corrected chi connectivity index (χ0v) is 15.2. The van der Waals surface area contributed by atoms with Gasteiger partial charge in [-0.25, -0.2) is 0 Å². The number of thioether (sulfide) groups is 1. The van der Waals surface area contributed by atoms with Crippen LogP contribution in [-0.4, -0.2) is 25.9 Å². The van der Waals surface area contributed by atoms with Gasteiger partial charge in [-0.05, 0) is 44.9 Å². The van der Waals surface area contributed by atoms with E-state index in [0.29, 0.717) is 17.6 Å². The topological polar surface area (TPSA) is 59.8 Å². The molecule has 1 saturated carbocycles. The molecule has 9 heteroatoms. The average Bonchev–Trinajstić information content (AvgIpc) is 3.35. The second-order valence-electron chi connectivity index (χ2n) is 6.19. The van der Waals surface area contributed by atoms with E-state index in [1.54, 1.807) is 6.92 Å². The number of nitrogens with one attached hydrogen (secondary N) is 1. The summed E-state index contributed by atoms with van der Waals surface area (Å²) in [4.78, 5) is 12.4. The lowest BCUT2D eigenvalue weighted by Crippen LogP contribution is -2.23. The van der Waals surface area contributed by atoms with Crippen LogP contribution in [0.5, 0.6) is 0 Å². The fourth-order valence-corrected chi connectivity index (χ4v) is 3.48. The van der Waals surface area contributed by atoms with Gasteiger partial charge in [0.25, 0.3) is 0 Å². The summed E-state index contributed by atoms with van der Waals surface area (Å²) in [5.41, 5.74) is -0.677. The molecule has 140 valence electrons. The van der Waals surface area contributed by atoms with Gasteiger partial charge in [-0.2, -0.15) is 13.2 Å². The van der Waals surface area contributed by atoms with E-state index in [9.17, 15) is 18.0 Å². The number of carbonyl (C=O) groups is 1. The summed E-state index contributed by atoms with van der Waals surface area (Å²) in [6.45, 7) is 4.40. The summed E-state index contributed by atoms with van der Waals surface area (Å²) in [7, 11) is 0. The van der Waals surface area contributed by atoms with Crippen molar-refractivity contribution in [2.24, 2.45) is 0 Å². The van der Waals surface area contributed by atoms with E-state index < -0.39 is 17.0 Å². The summed E-state index contributed by atoms with van der Waals surface area (Å²) in [5.74, 6) is 1.01. The predicted molar refractivity (Wildman–Crippen MR) is 93.1 cm³/mol. The van der Waals surface area contributed by atoms with Crippen LogP contribution in [0.15, 0.2) is 29.4 Å². The Morgan fingerprint density at radius 2 is 2.12 bits per heavy atom. The van der Waals surface area contributed by atoms with E-state index in [1.165, 1.54) is 23.9 Å². The number of carbonyl (C=O) groups excluding carboxylic acids is 1. The van der Waals surface area contributed by atoms with Crippen LogP contribution < -0.4 is 5.32 Å². The van der Waals surface area contributed by atoms with Crippen LogP contribution in [0.2, 0.25) is 0 Å². The summed E-state index contributed by atoms with van der Waals surface area (Å²) >= 11 is 1.25. The molecule has 0 bridgehead atoms. The fourth-order valence-electron chi connectivity index (χ4n) is 2.56. The normalized spacial score (nSPS) is 15.7. The minimum atomic E-state index is -4.45. The summed E-state index contributed by atoms with van der Waals surface area (Å²) in [5, 5.41) is 11.1. The van der Waals surface area contributed by atoms with Gasteiger partial charge in [-0.3, -0.25) is 4.79 Å². The van der Waals surface area contributed by atoms with Crippen molar-refractivity contribution in [3.05, 3.63) is 35.7 Å². The van der Waals surface area contributed by atoms with Gasteiger partial charge in [-0.1, -0.05) is 17.8 Å². The highest BCUT2D eigenvalue weighted by Gasteiger charge is 2.32. The van der Waals surface area contributed by atoms with Gasteiger partial charge in [0.15, 0.2) is 5.16 Å². The molecule has 0 unspecified atom stereocenters. The standard InChI is InChI=1S/C17H19F3N4OS/c1-3-24-14(11-7-8-11)22-23-16(24)26-10(2)15(25)21-13-6-4-5-12(9-13)17(18,19)20/h4-6,9-11H,3,7-8H2,1-2H3,(H,21,25)/t10-/m0/s1. The van der Waals surface area contributed by atoms with Crippen LogP contribution in [0.1, 0.15) is 44.0 Å². The first-order chi connectivity index (χ1) is 12.3. The van der Waals surface area contributed by atoms with Crippen LogP contribution in [0.25, 0.3) is 0 Å². The Morgan fingerprint density at radius 3 is 2.73 bits per heavy atom. The third-order valence-electron chi connectivity index (χ3n) is 4.11. The molecule has 0 saturated heterocycles. The lowest BCUT2D eigenvalue weighted by atomic mass is 10.2. The van der Waals surface area contributed by atoms with E-state index in [-0.39, 0.29) is 11.6 Å². The highest BCUT2D eigenvalue weighted by atomic mass is 32.2. The Morgan fingerprint density at radius 1 is 1.38 bits per heavy atom. The molecule has 1 heterocycles. The van der Waals surface area contributed by atoms with Crippen molar-refractivity contribution in [1.29, 1.82) is 0 Å². The molecule has 0 spiro atoms. The largest absolute Gasteiger partial charge is 0.416 e.